The van der Waals surface area contributed by atoms with Gasteiger partial charge in [0.2, 0.25) is 5.89 Å². The highest BCUT2D eigenvalue weighted by molar-refractivity contribution is 5.53. The van der Waals surface area contributed by atoms with Gasteiger partial charge in [-0.1, -0.05) is 23.4 Å². The summed E-state index contributed by atoms with van der Waals surface area (Å²) in [6.07, 6.45) is 3.84. The fraction of sp³-hybridized carbons (Fsp3) is 0.111. The Kier molecular flexibility index (Phi) is 3.63. The van der Waals surface area contributed by atoms with Crippen LogP contribution < -0.4 is 0 Å². The number of hydrogen-bond donors (Lipinski definition) is 0. The second kappa shape index (κ2) is 6.08. The van der Waals surface area contributed by atoms with E-state index in [9.17, 15) is 0 Å². The van der Waals surface area contributed by atoms with Crippen LogP contribution in [0.15, 0.2) is 63.8 Å². The summed E-state index contributed by atoms with van der Waals surface area (Å²) >= 11 is 0. The molecule has 0 unspecified atom stereocenters. The van der Waals surface area contributed by atoms with E-state index in [0.29, 0.717) is 24.0 Å². The van der Waals surface area contributed by atoms with Crippen molar-refractivity contribution < 1.29 is 8.94 Å². The van der Waals surface area contributed by atoms with Gasteiger partial charge < -0.3 is 8.94 Å². The van der Waals surface area contributed by atoms with Crippen molar-refractivity contribution in [3.05, 3.63) is 72.1 Å². The minimum Gasteiger partial charge on any atom is -0.441 e. The molecule has 24 heavy (non-hydrogen) atoms. The SMILES string of the molecule is Cc1oc(-c2ccccc2)nc1Cc1noc(-c2cccnc2)n1. The smallest absolute Gasteiger partial charge is 0.259 e. The second-order valence-corrected chi connectivity index (χ2v) is 5.32. The maximum atomic E-state index is 5.76. The van der Waals surface area contributed by atoms with E-state index in [1.54, 1.807) is 12.4 Å². The third kappa shape index (κ3) is 2.81. The Bertz CT molecular complexity index is 946. The first kappa shape index (κ1) is 14.3. The van der Waals surface area contributed by atoms with E-state index < -0.39 is 0 Å². The van der Waals surface area contributed by atoms with Crippen molar-refractivity contribution in [3.8, 4) is 22.9 Å². The fourth-order valence-electron chi connectivity index (χ4n) is 2.38. The van der Waals surface area contributed by atoms with Crippen LogP contribution in [0.2, 0.25) is 0 Å². The zero-order chi connectivity index (χ0) is 16.4. The molecule has 0 aliphatic heterocycles. The molecule has 4 aromatic rings. The molecule has 0 amide bonds. The maximum Gasteiger partial charge on any atom is 0.259 e. The molecule has 3 heterocycles. The Balaban J connectivity index is 1.58. The maximum absolute atomic E-state index is 5.76. The van der Waals surface area contributed by atoms with E-state index in [0.717, 1.165) is 22.6 Å². The predicted molar refractivity (Wildman–Crippen MR) is 87.0 cm³/mol. The first-order valence-electron chi connectivity index (χ1n) is 7.54. The molecule has 118 valence electrons. The molecule has 0 bridgehead atoms. The third-order valence-electron chi connectivity index (χ3n) is 3.62. The fourth-order valence-corrected chi connectivity index (χ4v) is 2.38. The van der Waals surface area contributed by atoms with Crippen LogP contribution in [0.25, 0.3) is 22.9 Å². The number of pyridine rings is 1. The largest absolute Gasteiger partial charge is 0.441 e. The molecule has 6 nitrogen and oxygen atoms in total. The number of hydrogen-bond acceptors (Lipinski definition) is 6. The minimum absolute atomic E-state index is 0.447. The lowest BCUT2D eigenvalue weighted by Crippen LogP contribution is -1.93. The van der Waals surface area contributed by atoms with Gasteiger partial charge in [0.1, 0.15) is 5.76 Å². The van der Waals surface area contributed by atoms with E-state index in [-0.39, 0.29) is 0 Å². The van der Waals surface area contributed by atoms with Gasteiger partial charge in [0.15, 0.2) is 5.82 Å². The molecule has 0 fully saturated rings. The molecule has 0 saturated heterocycles. The van der Waals surface area contributed by atoms with Crippen molar-refractivity contribution in [2.24, 2.45) is 0 Å². The first-order chi connectivity index (χ1) is 11.8. The quantitative estimate of drug-likeness (QED) is 0.571. The number of aromatic nitrogens is 4. The highest BCUT2D eigenvalue weighted by atomic mass is 16.5. The second-order valence-electron chi connectivity index (χ2n) is 5.32. The molecule has 0 N–H and O–H groups in total. The van der Waals surface area contributed by atoms with Gasteiger partial charge in [-0.15, -0.1) is 0 Å². The summed E-state index contributed by atoms with van der Waals surface area (Å²) in [5, 5.41) is 4.02. The molecule has 4 rings (SSSR count). The van der Waals surface area contributed by atoms with Crippen molar-refractivity contribution in [1.29, 1.82) is 0 Å². The van der Waals surface area contributed by atoms with Gasteiger partial charge in [0.05, 0.1) is 17.7 Å². The van der Waals surface area contributed by atoms with Crippen molar-refractivity contribution in [3.63, 3.8) is 0 Å². The van der Waals surface area contributed by atoms with Gasteiger partial charge in [0.25, 0.3) is 5.89 Å². The molecule has 1 aromatic carbocycles. The topological polar surface area (TPSA) is 77.8 Å². The van der Waals surface area contributed by atoms with Crippen LogP contribution in [0.4, 0.5) is 0 Å². The van der Waals surface area contributed by atoms with Crippen molar-refractivity contribution in [2.45, 2.75) is 13.3 Å². The number of oxazole rings is 1. The number of benzene rings is 1. The van der Waals surface area contributed by atoms with Gasteiger partial charge in [-0.25, -0.2) is 4.98 Å². The van der Waals surface area contributed by atoms with Crippen molar-refractivity contribution in [2.75, 3.05) is 0 Å². The van der Waals surface area contributed by atoms with Crippen LogP contribution in [-0.4, -0.2) is 20.1 Å². The van der Waals surface area contributed by atoms with Gasteiger partial charge in [-0.3, -0.25) is 4.98 Å². The summed E-state index contributed by atoms with van der Waals surface area (Å²) in [6, 6.07) is 13.5. The summed E-state index contributed by atoms with van der Waals surface area (Å²) in [4.78, 5) is 13.0. The number of rotatable bonds is 4. The van der Waals surface area contributed by atoms with Crippen LogP contribution in [0.1, 0.15) is 17.3 Å². The summed E-state index contributed by atoms with van der Waals surface area (Å²) in [5.74, 6) is 2.35. The minimum atomic E-state index is 0.447. The van der Waals surface area contributed by atoms with Crippen LogP contribution in [-0.2, 0) is 6.42 Å². The van der Waals surface area contributed by atoms with Crippen LogP contribution in [0.3, 0.4) is 0 Å². The summed E-state index contributed by atoms with van der Waals surface area (Å²) in [5.41, 5.74) is 2.53. The van der Waals surface area contributed by atoms with Crippen molar-refractivity contribution in [1.82, 2.24) is 20.1 Å². The predicted octanol–water partition coefficient (Wildman–Crippen LogP) is 3.69. The molecule has 0 aliphatic carbocycles. The van der Waals surface area contributed by atoms with Crippen LogP contribution >= 0.6 is 0 Å². The standard InChI is InChI=1S/C18H14N4O2/c1-12-15(20-17(23-12)13-6-3-2-4-7-13)10-16-21-18(24-22-16)14-8-5-9-19-11-14/h2-9,11H,10H2,1H3. The lowest BCUT2D eigenvalue weighted by molar-refractivity contribution is 0.423. The van der Waals surface area contributed by atoms with E-state index >= 15 is 0 Å². The molecule has 6 heteroatoms. The van der Waals surface area contributed by atoms with Crippen LogP contribution in [0.5, 0.6) is 0 Å². The molecule has 3 aromatic heterocycles. The molecular weight excluding hydrogens is 304 g/mol. The zero-order valence-electron chi connectivity index (χ0n) is 13.0. The van der Waals surface area contributed by atoms with E-state index in [4.69, 9.17) is 8.94 Å². The normalized spacial score (nSPS) is 10.9. The van der Waals surface area contributed by atoms with E-state index in [2.05, 4.69) is 20.1 Å². The van der Waals surface area contributed by atoms with E-state index in [1.807, 2.05) is 49.4 Å². The Morgan fingerprint density at radius 1 is 0.917 bits per heavy atom. The lowest BCUT2D eigenvalue weighted by atomic mass is 10.2. The molecular formula is C18H14N4O2. The van der Waals surface area contributed by atoms with E-state index in [1.165, 1.54) is 0 Å². The Labute approximate surface area is 138 Å². The number of nitrogens with zero attached hydrogens (tertiary/aromatic N) is 4. The first-order valence-corrected chi connectivity index (χ1v) is 7.54. The highest BCUT2D eigenvalue weighted by Gasteiger charge is 2.15. The summed E-state index contributed by atoms with van der Waals surface area (Å²) in [7, 11) is 0. The Morgan fingerprint density at radius 3 is 2.54 bits per heavy atom. The molecule has 0 saturated carbocycles. The number of aryl methyl sites for hydroxylation is 1. The Hall–Kier alpha value is -3.28. The van der Waals surface area contributed by atoms with Gasteiger partial charge in [-0.2, -0.15) is 4.98 Å². The molecule has 0 aliphatic rings. The highest BCUT2D eigenvalue weighted by Crippen LogP contribution is 2.23. The van der Waals surface area contributed by atoms with Gasteiger partial charge >= 0.3 is 0 Å². The summed E-state index contributed by atoms with van der Waals surface area (Å²) < 4.78 is 11.1. The Morgan fingerprint density at radius 2 is 1.75 bits per heavy atom. The molecule has 0 atom stereocenters. The molecule has 0 radical (unpaired) electrons. The molecule has 0 spiro atoms. The zero-order valence-corrected chi connectivity index (χ0v) is 13.0. The third-order valence-corrected chi connectivity index (χ3v) is 3.62. The average molecular weight is 318 g/mol. The summed E-state index contributed by atoms with van der Waals surface area (Å²) in [6.45, 7) is 1.89. The van der Waals surface area contributed by atoms with Gasteiger partial charge in [0, 0.05) is 18.0 Å². The van der Waals surface area contributed by atoms with Gasteiger partial charge in [-0.05, 0) is 31.2 Å². The average Bonchev–Trinajstić information content (AvgIpc) is 3.24. The monoisotopic (exact) mass is 318 g/mol. The van der Waals surface area contributed by atoms with Crippen LogP contribution in [0, 0.1) is 6.92 Å². The van der Waals surface area contributed by atoms with Crippen molar-refractivity contribution >= 4 is 0 Å². The lowest BCUT2D eigenvalue weighted by Gasteiger charge is -1.92.